The Balaban J connectivity index is 1.47. The minimum absolute atomic E-state index is 0.00786. The number of morpholine rings is 1. The van der Waals surface area contributed by atoms with Crippen molar-refractivity contribution in [1.82, 2.24) is 14.2 Å². The molecule has 0 bridgehead atoms. The Kier molecular flexibility index (Phi) is 6.09. The molecule has 1 amide bonds. The van der Waals surface area contributed by atoms with Crippen LogP contribution in [-0.2, 0) is 14.8 Å². The lowest BCUT2D eigenvalue weighted by molar-refractivity contribution is 0.0727. The third-order valence-electron chi connectivity index (χ3n) is 6.11. The van der Waals surface area contributed by atoms with E-state index >= 15 is 0 Å². The summed E-state index contributed by atoms with van der Waals surface area (Å²) < 4.78 is 39.7. The highest BCUT2D eigenvalue weighted by Gasteiger charge is 2.35. The van der Waals surface area contributed by atoms with Crippen molar-refractivity contribution in [3.05, 3.63) is 53.0 Å². The van der Waals surface area contributed by atoms with Crippen LogP contribution < -0.4 is 4.74 Å². The number of likely N-dealkylation sites (tertiary alicyclic amines) is 1. The average Bonchev–Trinajstić information content (AvgIpc) is 3.50. The van der Waals surface area contributed by atoms with Crippen LogP contribution in [-0.4, -0.2) is 68.5 Å². The van der Waals surface area contributed by atoms with E-state index in [4.69, 9.17) is 14.5 Å². The van der Waals surface area contributed by atoms with Crippen molar-refractivity contribution >= 4 is 37.5 Å². The number of thiazole rings is 1. The first-order valence-corrected chi connectivity index (χ1v) is 13.2. The molecule has 0 aliphatic carbocycles. The van der Waals surface area contributed by atoms with Crippen LogP contribution in [0.25, 0.3) is 10.2 Å². The molecule has 33 heavy (non-hydrogen) atoms. The summed E-state index contributed by atoms with van der Waals surface area (Å²) in [6.45, 7) is 1.84. The Morgan fingerprint density at radius 2 is 1.94 bits per heavy atom. The molecule has 2 aliphatic rings. The van der Waals surface area contributed by atoms with Crippen LogP contribution in [0.15, 0.2) is 47.4 Å². The summed E-state index contributed by atoms with van der Waals surface area (Å²) in [5.41, 5.74) is 1.26. The summed E-state index contributed by atoms with van der Waals surface area (Å²) in [6.07, 6.45) is 1.71. The Hall–Kier alpha value is -2.53. The van der Waals surface area contributed by atoms with Crippen LogP contribution in [0.4, 0.5) is 0 Å². The van der Waals surface area contributed by atoms with Gasteiger partial charge in [-0.15, -0.1) is 11.3 Å². The van der Waals surface area contributed by atoms with E-state index in [-0.39, 0.29) is 35.7 Å². The molecule has 0 radical (unpaired) electrons. The monoisotopic (exact) mass is 487 g/mol. The maximum atomic E-state index is 13.5. The van der Waals surface area contributed by atoms with Crippen LogP contribution >= 0.6 is 11.3 Å². The van der Waals surface area contributed by atoms with E-state index in [0.717, 1.165) is 28.1 Å². The summed E-state index contributed by atoms with van der Waals surface area (Å²) in [7, 11) is -2.39. The lowest BCUT2D eigenvalue weighted by Gasteiger charge is -2.27. The molecule has 2 fully saturated rings. The smallest absolute Gasteiger partial charge is 0.254 e. The number of hydrogen-bond donors (Lipinski definition) is 0. The van der Waals surface area contributed by atoms with E-state index in [1.165, 1.54) is 17.5 Å². The minimum atomic E-state index is -3.82. The third kappa shape index (κ3) is 4.12. The summed E-state index contributed by atoms with van der Waals surface area (Å²) in [4.78, 5) is 20.1. The zero-order chi connectivity index (χ0) is 23.0. The lowest BCUT2D eigenvalue weighted by Crippen LogP contribution is -2.40. The number of benzene rings is 2. The van der Waals surface area contributed by atoms with Crippen molar-refractivity contribution in [3.63, 3.8) is 0 Å². The maximum Gasteiger partial charge on any atom is 0.254 e. The number of hydrogen-bond acceptors (Lipinski definition) is 7. The van der Waals surface area contributed by atoms with Crippen LogP contribution in [0, 0.1) is 0 Å². The van der Waals surface area contributed by atoms with Gasteiger partial charge < -0.3 is 14.4 Å². The summed E-state index contributed by atoms with van der Waals surface area (Å²) >= 11 is 1.60. The molecular formula is C23H25N3O5S2. The van der Waals surface area contributed by atoms with Gasteiger partial charge in [0.25, 0.3) is 5.91 Å². The number of sulfonamides is 1. The highest BCUT2D eigenvalue weighted by Crippen LogP contribution is 2.38. The number of amides is 1. The van der Waals surface area contributed by atoms with Gasteiger partial charge in [-0.3, -0.25) is 4.79 Å². The molecule has 8 nitrogen and oxygen atoms in total. The highest BCUT2D eigenvalue weighted by molar-refractivity contribution is 7.89. The van der Waals surface area contributed by atoms with E-state index in [1.54, 1.807) is 23.5 Å². The largest absolute Gasteiger partial charge is 0.495 e. The average molecular weight is 488 g/mol. The van der Waals surface area contributed by atoms with Gasteiger partial charge in [0.1, 0.15) is 15.7 Å². The van der Waals surface area contributed by atoms with Crippen LogP contribution in [0.2, 0.25) is 0 Å². The fourth-order valence-corrected chi connectivity index (χ4v) is 7.11. The first kappa shape index (κ1) is 22.3. The second kappa shape index (κ2) is 9.02. The zero-order valence-electron chi connectivity index (χ0n) is 18.3. The molecule has 1 aromatic heterocycles. The Bertz CT molecular complexity index is 1250. The molecule has 2 saturated heterocycles. The predicted octanol–water partition coefficient (Wildman–Crippen LogP) is 3.30. The number of ether oxygens (including phenoxy) is 2. The summed E-state index contributed by atoms with van der Waals surface area (Å²) in [5.74, 6) is 0.0278. The molecule has 1 atom stereocenters. The molecule has 3 heterocycles. The molecule has 2 aromatic carbocycles. The number of carbonyl (C=O) groups is 1. The summed E-state index contributed by atoms with van der Waals surface area (Å²) in [6, 6.07) is 12.5. The Morgan fingerprint density at radius 3 is 2.70 bits per heavy atom. The van der Waals surface area contributed by atoms with Gasteiger partial charge in [-0.25, -0.2) is 13.4 Å². The van der Waals surface area contributed by atoms with E-state index in [2.05, 4.69) is 0 Å². The maximum absolute atomic E-state index is 13.5. The Morgan fingerprint density at radius 1 is 1.15 bits per heavy atom. The van der Waals surface area contributed by atoms with Crippen LogP contribution in [0.1, 0.15) is 34.2 Å². The molecule has 10 heteroatoms. The topological polar surface area (TPSA) is 89.0 Å². The molecule has 3 aromatic rings. The van der Waals surface area contributed by atoms with Gasteiger partial charge in [0, 0.05) is 25.2 Å². The Labute approximate surface area is 196 Å². The molecule has 0 unspecified atom stereocenters. The molecular weight excluding hydrogens is 462 g/mol. The van der Waals surface area contributed by atoms with Gasteiger partial charge in [-0.05, 0) is 43.2 Å². The van der Waals surface area contributed by atoms with Gasteiger partial charge in [0.05, 0.1) is 36.6 Å². The van der Waals surface area contributed by atoms with Crippen molar-refractivity contribution in [1.29, 1.82) is 0 Å². The van der Waals surface area contributed by atoms with E-state index in [0.29, 0.717) is 25.3 Å². The quantitative estimate of drug-likeness (QED) is 0.549. The molecule has 5 rings (SSSR count). The van der Waals surface area contributed by atoms with E-state index in [1.807, 2.05) is 29.2 Å². The van der Waals surface area contributed by atoms with Gasteiger partial charge in [-0.2, -0.15) is 4.31 Å². The standard InChI is InChI=1S/C23H25N3O5S2/c1-30-19-9-8-16(15-21(19)33(28,29)25-11-13-31-14-12-25)23(27)26-10-4-6-18(26)22-24-17-5-2-3-7-20(17)32-22/h2-3,5,7-9,15,18H,4,6,10-14H2,1H3/t18-/m0/s1. The van der Waals surface area contributed by atoms with Crippen molar-refractivity contribution in [2.45, 2.75) is 23.8 Å². The number of methoxy groups -OCH3 is 1. The molecule has 0 spiro atoms. The molecule has 0 N–H and O–H groups in total. The predicted molar refractivity (Wildman–Crippen MR) is 125 cm³/mol. The van der Waals surface area contributed by atoms with Crippen LogP contribution in [0.3, 0.4) is 0 Å². The normalized spacial score (nSPS) is 19.8. The number of para-hydroxylation sites is 1. The van der Waals surface area contributed by atoms with Crippen molar-refractivity contribution < 1.29 is 22.7 Å². The van der Waals surface area contributed by atoms with Crippen molar-refractivity contribution in [3.8, 4) is 5.75 Å². The lowest BCUT2D eigenvalue weighted by atomic mass is 10.1. The fraction of sp³-hybridized carbons (Fsp3) is 0.391. The van der Waals surface area contributed by atoms with Crippen molar-refractivity contribution in [2.24, 2.45) is 0 Å². The number of fused-ring (bicyclic) bond motifs is 1. The van der Waals surface area contributed by atoms with Gasteiger partial charge in [0.2, 0.25) is 10.0 Å². The van der Waals surface area contributed by atoms with Gasteiger partial charge in [0.15, 0.2) is 0 Å². The second-order valence-electron chi connectivity index (χ2n) is 8.06. The number of aromatic nitrogens is 1. The van der Waals surface area contributed by atoms with E-state index < -0.39 is 10.0 Å². The number of rotatable bonds is 5. The fourth-order valence-electron chi connectivity index (χ4n) is 4.40. The SMILES string of the molecule is COc1ccc(C(=O)N2CCC[C@H]2c2nc3ccccc3s2)cc1S(=O)(=O)N1CCOCC1. The van der Waals surface area contributed by atoms with Gasteiger partial charge in [-0.1, -0.05) is 12.1 Å². The molecule has 2 aliphatic heterocycles. The van der Waals surface area contributed by atoms with Crippen LogP contribution in [0.5, 0.6) is 5.75 Å². The molecule has 0 saturated carbocycles. The summed E-state index contributed by atoms with van der Waals surface area (Å²) in [5, 5.41) is 0.914. The number of carbonyl (C=O) groups excluding carboxylic acids is 1. The minimum Gasteiger partial charge on any atom is -0.495 e. The first-order chi connectivity index (χ1) is 16.0. The molecule has 174 valence electrons. The van der Waals surface area contributed by atoms with Gasteiger partial charge >= 0.3 is 0 Å². The number of nitrogens with zero attached hydrogens (tertiary/aromatic N) is 3. The third-order valence-corrected chi connectivity index (χ3v) is 9.17. The first-order valence-electron chi connectivity index (χ1n) is 10.9. The highest BCUT2D eigenvalue weighted by atomic mass is 32.2. The second-order valence-corrected chi connectivity index (χ2v) is 11.0. The van der Waals surface area contributed by atoms with Crippen molar-refractivity contribution in [2.75, 3.05) is 40.0 Å². The zero-order valence-corrected chi connectivity index (χ0v) is 19.9. The van der Waals surface area contributed by atoms with E-state index in [9.17, 15) is 13.2 Å².